The van der Waals surface area contributed by atoms with E-state index >= 15 is 0 Å². The van der Waals surface area contributed by atoms with Crippen LogP contribution < -0.4 is 5.32 Å². The third-order valence-corrected chi connectivity index (χ3v) is 9.04. The van der Waals surface area contributed by atoms with E-state index in [4.69, 9.17) is 15.6 Å². The van der Waals surface area contributed by atoms with Crippen LogP contribution in [0.15, 0.2) is 137 Å². The number of thiazole rings is 1. The number of hydrogen-bond acceptors (Lipinski definition) is 8. The van der Waals surface area contributed by atoms with Gasteiger partial charge in [-0.1, -0.05) is 126 Å². The molecule has 0 spiro atoms. The smallest absolute Gasteiger partial charge is 0.280 e. The number of hydrogen-bond donors (Lipinski definition) is 3. The molecule has 3 N–H and O–H groups in total. The van der Waals surface area contributed by atoms with E-state index < -0.39 is 22.7 Å². The predicted octanol–water partition coefficient (Wildman–Crippen LogP) is 7.88. The molecule has 5 rings (SSSR count). The number of carbonyl (C=O) groups is 1. The fourth-order valence-corrected chi connectivity index (χ4v) is 6.16. The molecule has 0 unspecified atom stereocenters. The molecule has 1 amide bonds. The molecular weight excluding hydrogens is 660 g/mol. The van der Waals surface area contributed by atoms with Crippen molar-refractivity contribution >= 4 is 52.0 Å². The van der Waals surface area contributed by atoms with E-state index in [2.05, 4.69) is 20.4 Å². The van der Waals surface area contributed by atoms with Crippen LogP contribution in [0.5, 0.6) is 0 Å². The highest BCUT2D eigenvalue weighted by atomic mass is 32.2. The summed E-state index contributed by atoms with van der Waals surface area (Å²) >= 11 is 2.10. The van der Waals surface area contributed by atoms with Gasteiger partial charge in [-0.2, -0.15) is 4.39 Å². The lowest BCUT2D eigenvalue weighted by Gasteiger charge is -2.41. The van der Waals surface area contributed by atoms with Crippen LogP contribution in [0, 0.1) is 10.5 Å². The summed E-state index contributed by atoms with van der Waals surface area (Å²) in [6.07, 6.45) is 2.38. The number of nitrogens with one attached hydrogen (secondary N) is 2. The van der Waals surface area contributed by atoms with Crippen molar-refractivity contribution in [3.63, 3.8) is 0 Å². The summed E-state index contributed by atoms with van der Waals surface area (Å²) in [5.41, 5.74) is 2.49. The van der Waals surface area contributed by atoms with Crippen molar-refractivity contribution in [2.45, 2.75) is 29.9 Å². The number of oxime groups is 1. The van der Waals surface area contributed by atoms with E-state index in [-0.39, 0.29) is 29.0 Å². The molecule has 1 atom stereocenters. The van der Waals surface area contributed by atoms with Crippen LogP contribution >= 0.6 is 23.1 Å². The molecule has 0 aliphatic rings. The number of carbonyl (C=O) groups excluding carboxylic acids is 1. The summed E-state index contributed by atoms with van der Waals surface area (Å²) in [4.78, 5) is 27.6. The Bertz CT molecular complexity index is 1770. The number of aliphatic hydroxyl groups is 1. The molecule has 0 radical (unpaired) electrons. The molecule has 5 aromatic rings. The number of thioether (sulfide) groups is 1. The number of amidine groups is 1. The molecule has 49 heavy (non-hydrogen) atoms. The second kappa shape index (κ2) is 17.3. The van der Waals surface area contributed by atoms with Crippen molar-refractivity contribution < 1.29 is 19.1 Å². The van der Waals surface area contributed by atoms with Crippen molar-refractivity contribution in [3.8, 4) is 0 Å². The van der Waals surface area contributed by atoms with Crippen molar-refractivity contribution in [3.05, 3.63) is 154 Å². The average Bonchev–Trinajstić information content (AvgIpc) is 3.55. The van der Waals surface area contributed by atoms with Crippen LogP contribution in [0.25, 0.3) is 5.32 Å². The molecule has 9 nitrogen and oxygen atoms in total. The lowest BCUT2D eigenvalue weighted by molar-refractivity contribution is -0.110. The Kier molecular flexibility index (Phi) is 12.4. The number of aromatic nitrogens is 1. The van der Waals surface area contributed by atoms with Crippen LogP contribution in [0.3, 0.4) is 0 Å². The van der Waals surface area contributed by atoms with Gasteiger partial charge in [0.25, 0.3) is 5.91 Å². The third-order valence-electron chi connectivity index (χ3n) is 7.32. The first-order chi connectivity index (χ1) is 23.9. The van der Waals surface area contributed by atoms with Crippen LogP contribution in [0.2, 0.25) is 0 Å². The molecule has 0 saturated heterocycles. The first-order valence-corrected chi connectivity index (χ1v) is 17.2. The number of benzene rings is 4. The van der Waals surface area contributed by atoms with Crippen LogP contribution in [0.1, 0.15) is 35.6 Å². The Morgan fingerprint density at radius 3 is 2.08 bits per heavy atom. The van der Waals surface area contributed by atoms with Crippen LogP contribution in [0.4, 0.5) is 9.52 Å². The number of halogens is 1. The van der Waals surface area contributed by atoms with Gasteiger partial charge in [0, 0.05) is 40.6 Å². The molecule has 0 bridgehead atoms. The van der Waals surface area contributed by atoms with Gasteiger partial charge in [-0.05, 0) is 35.7 Å². The Balaban J connectivity index is 1.29. The largest absolute Gasteiger partial charge is 0.454 e. The lowest BCUT2D eigenvalue weighted by Crippen LogP contribution is -2.28. The summed E-state index contributed by atoms with van der Waals surface area (Å²) < 4.78 is 13.4. The molecule has 4 aromatic carbocycles. The molecule has 1 aromatic heterocycles. The summed E-state index contributed by atoms with van der Waals surface area (Å²) in [5, 5.41) is 28.9. The minimum atomic E-state index is -0.866. The van der Waals surface area contributed by atoms with E-state index in [1.807, 2.05) is 91.0 Å². The van der Waals surface area contributed by atoms with E-state index in [9.17, 15) is 14.3 Å². The maximum absolute atomic E-state index is 13.4. The zero-order chi connectivity index (χ0) is 34.5. The van der Waals surface area contributed by atoms with Crippen molar-refractivity contribution in [2.75, 3.05) is 17.7 Å². The fraction of sp³-hybridized carbons (Fsp3) is 0.162. The number of rotatable bonds is 15. The Labute approximate surface area is 292 Å². The van der Waals surface area contributed by atoms with Gasteiger partial charge in [0.1, 0.15) is 6.10 Å². The van der Waals surface area contributed by atoms with Crippen LogP contribution in [-0.2, 0) is 15.2 Å². The first kappa shape index (κ1) is 35.1. The monoisotopic (exact) mass is 693 g/mol. The molecule has 250 valence electrons. The predicted molar refractivity (Wildman–Crippen MR) is 195 cm³/mol. The second-order valence-electron chi connectivity index (χ2n) is 10.7. The quantitative estimate of drug-likeness (QED) is 0.0337. The molecule has 1 heterocycles. The zero-order valence-corrected chi connectivity index (χ0v) is 28.2. The SMILES string of the molecule is C[C@@H](CCO)O/N=C(/C(=O)Nc1ncc(F)s1)c1ccc(SCC(=N)N=C[N-]C(c2ccccc2)(c2ccccc2)c2ccccc2)cc1. The highest BCUT2D eigenvalue weighted by Crippen LogP contribution is 2.43. The van der Waals surface area contributed by atoms with Gasteiger partial charge in [0.05, 0.1) is 6.20 Å². The number of anilines is 1. The summed E-state index contributed by atoms with van der Waals surface area (Å²) in [5.74, 6) is -0.216. The number of aliphatic imine (C=N–C) groups is 1. The van der Waals surface area contributed by atoms with Gasteiger partial charge in [0.2, 0.25) is 0 Å². The fourth-order valence-electron chi connectivity index (χ4n) is 4.92. The highest BCUT2D eigenvalue weighted by Gasteiger charge is 2.31. The summed E-state index contributed by atoms with van der Waals surface area (Å²) in [6, 6.07) is 37.1. The van der Waals surface area contributed by atoms with Crippen LogP contribution in [-0.4, -0.2) is 52.3 Å². The average molecular weight is 694 g/mol. The molecule has 0 aliphatic carbocycles. The topological polar surface area (TPSA) is 134 Å². The molecule has 0 aliphatic heterocycles. The van der Waals surface area contributed by atoms with E-state index in [1.165, 1.54) is 18.1 Å². The summed E-state index contributed by atoms with van der Waals surface area (Å²) in [6.45, 7) is 1.63. The minimum absolute atomic E-state index is 0.0327. The van der Waals surface area contributed by atoms with Gasteiger partial charge >= 0.3 is 0 Å². The second-order valence-corrected chi connectivity index (χ2v) is 12.8. The van der Waals surface area contributed by atoms with Gasteiger partial charge in [0.15, 0.2) is 16.0 Å². The van der Waals surface area contributed by atoms with E-state index in [1.54, 1.807) is 31.2 Å². The Morgan fingerprint density at radius 2 is 1.57 bits per heavy atom. The van der Waals surface area contributed by atoms with Gasteiger partial charge in [-0.25, -0.2) is 4.98 Å². The van der Waals surface area contributed by atoms with E-state index in [0.717, 1.165) is 27.8 Å². The minimum Gasteiger partial charge on any atom is -0.454 e. The maximum atomic E-state index is 13.4. The Morgan fingerprint density at radius 1 is 1.00 bits per heavy atom. The molecule has 12 heteroatoms. The molecule has 0 fully saturated rings. The number of amides is 1. The maximum Gasteiger partial charge on any atom is 0.280 e. The Hall–Kier alpha value is -5.17. The summed E-state index contributed by atoms with van der Waals surface area (Å²) in [7, 11) is 0. The molecule has 0 saturated carbocycles. The number of aliphatic hydroxyl groups excluding tert-OH is 1. The number of nitrogens with zero attached hydrogens (tertiary/aromatic N) is 4. The zero-order valence-electron chi connectivity index (χ0n) is 26.6. The van der Waals surface area contributed by atoms with Gasteiger partial charge < -0.3 is 25.7 Å². The first-order valence-electron chi connectivity index (χ1n) is 15.4. The standard InChI is InChI=1S/C37H35FN6O3S2/c1-26(21-22-45)47-44-34(35(46)43-36-40-23-32(38)49-36)27-17-19-31(20-18-27)48-24-33(39)41-25-42-37(28-11-5-2-6-12-28,29-13-7-3-8-14-29)30-15-9-4-10-16-30/h2-20,23,25-26,45H,21-22,24H2,1H3,(H3,39,40,41,42,43,46)/p-1/b44-34+/t26-/m0/s1. The molecular formula is C37H34FN6O3S2-. The lowest BCUT2D eigenvalue weighted by atomic mass is 9.77. The van der Waals surface area contributed by atoms with Crippen molar-refractivity contribution in [1.29, 1.82) is 5.41 Å². The normalized spacial score (nSPS) is 12.4. The highest BCUT2D eigenvalue weighted by molar-refractivity contribution is 8.00. The van der Waals surface area contributed by atoms with Gasteiger partial charge in [-0.3, -0.25) is 10.1 Å². The van der Waals surface area contributed by atoms with Gasteiger partial charge in [-0.15, -0.1) is 11.8 Å². The van der Waals surface area contributed by atoms with E-state index in [0.29, 0.717) is 23.3 Å². The van der Waals surface area contributed by atoms with Crippen molar-refractivity contribution in [2.24, 2.45) is 10.1 Å². The third kappa shape index (κ3) is 9.26. The van der Waals surface area contributed by atoms with Crippen molar-refractivity contribution in [1.82, 2.24) is 4.98 Å².